The molecule has 4 heteroatoms. The molecule has 0 unspecified atom stereocenters. The number of carbonyl (C=O) groups is 1. The quantitative estimate of drug-likeness (QED) is 0.800. The Morgan fingerprint density at radius 3 is 2.57 bits per heavy atom. The van der Waals surface area contributed by atoms with E-state index >= 15 is 0 Å². The molecule has 0 spiro atoms. The lowest BCUT2D eigenvalue weighted by atomic mass is 10.0. The minimum absolute atomic E-state index is 0.213. The van der Waals surface area contributed by atoms with Crippen molar-refractivity contribution < 1.29 is 4.79 Å². The summed E-state index contributed by atoms with van der Waals surface area (Å²) in [5, 5.41) is 9.88. The maximum Gasteiger partial charge on any atom is 0.259 e. The van der Waals surface area contributed by atoms with Gasteiger partial charge in [-0.3, -0.25) is 9.69 Å². The lowest BCUT2D eigenvalue weighted by Gasteiger charge is -2.30. The van der Waals surface area contributed by atoms with E-state index in [2.05, 4.69) is 6.07 Å². The van der Waals surface area contributed by atoms with Crippen molar-refractivity contribution in [2.75, 3.05) is 4.90 Å². The van der Waals surface area contributed by atoms with Crippen LogP contribution < -0.4 is 4.90 Å². The Labute approximate surface area is 127 Å². The number of rotatable bonds is 1. The number of nitriles is 1. The summed E-state index contributed by atoms with van der Waals surface area (Å²) in [6.45, 7) is 0. The molecule has 0 saturated carbocycles. The Morgan fingerprint density at radius 1 is 1.14 bits per heavy atom. The average Bonchev–Trinajstić information content (AvgIpc) is 2.53. The van der Waals surface area contributed by atoms with Crippen LogP contribution in [0.4, 0.5) is 5.69 Å². The fourth-order valence-corrected chi connectivity index (χ4v) is 2.47. The molecule has 3 nitrogen and oxygen atoms in total. The largest absolute Gasteiger partial charge is 0.288 e. The molecule has 1 aliphatic heterocycles. The highest BCUT2D eigenvalue weighted by molar-refractivity contribution is 6.30. The first-order valence-corrected chi connectivity index (χ1v) is 6.84. The molecule has 0 fully saturated rings. The SMILES string of the molecule is N#C[C@@H]1C=Cc2ccccc2N1C(=O)c1ccc(Cl)cc1. The lowest BCUT2D eigenvalue weighted by Crippen LogP contribution is -2.40. The monoisotopic (exact) mass is 294 g/mol. The number of nitrogens with zero attached hydrogens (tertiary/aromatic N) is 2. The van der Waals surface area contributed by atoms with Crippen molar-refractivity contribution in [3.8, 4) is 6.07 Å². The van der Waals surface area contributed by atoms with E-state index in [9.17, 15) is 10.1 Å². The molecule has 2 aromatic carbocycles. The predicted octanol–water partition coefficient (Wildman–Crippen LogP) is 3.91. The van der Waals surface area contributed by atoms with Gasteiger partial charge in [0, 0.05) is 10.6 Å². The van der Waals surface area contributed by atoms with Crippen molar-refractivity contribution in [2.45, 2.75) is 6.04 Å². The third-order valence-corrected chi connectivity index (χ3v) is 3.63. The standard InChI is InChI=1S/C17H11ClN2O/c18-14-8-5-13(6-9-14)17(21)20-15(11-19)10-7-12-3-1-2-4-16(12)20/h1-10,15H/t15-/m0/s1. The molecule has 2 aromatic rings. The maximum absolute atomic E-state index is 12.7. The van der Waals surface area contributed by atoms with Crippen molar-refractivity contribution in [1.29, 1.82) is 5.26 Å². The van der Waals surface area contributed by atoms with Gasteiger partial charge < -0.3 is 0 Å². The molecule has 0 aromatic heterocycles. The average molecular weight is 295 g/mol. The van der Waals surface area contributed by atoms with Gasteiger partial charge in [-0.25, -0.2) is 0 Å². The van der Waals surface area contributed by atoms with Crippen LogP contribution in [0.3, 0.4) is 0 Å². The summed E-state index contributed by atoms with van der Waals surface area (Å²) in [5.41, 5.74) is 2.17. The summed E-state index contributed by atoms with van der Waals surface area (Å²) in [5.74, 6) is -0.213. The first-order valence-electron chi connectivity index (χ1n) is 6.46. The fraction of sp³-hybridized carbons (Fsp3) is 0.0588. The molecule has 0 aliphatic carbocycles. The van der Waals surface area contributed by atoms with Crippen LogP contribution in [0.1, 0.15) is 15.9 Å². The number of amides is 1. The second-order valence-corrected chi connectivity index (χ2v) is 5.11. The second-order valence-electron chi connectivity index (χ2n) is 4.67. The molecule has 1 aliphatic rings. The highest BCUT2D eigenvalue weighted by Gasteiger charge is 2.28. The smallest absolute Gasteiger partial charge is 0.259 e. The summed E-state index contributed by atoms with van der Waals surface area (Å²) < 4.78 is 0. The van der Waals surface area contributed by atoms with Gasteiger partial charge >= 0.3 is 0 Å². The van der Waals surface area contributed by atoms with Crippen LogP contribution in [0, 0.1) is 11.3 Å². The Balaban J connectivity index is 2.06. The van der Waals surface area contributed by atoms with Gasteiger partial charge in [0.15, 0.2) is 0 Å². The van der Waals surface area contributed by atoms with Gasteiger partial charge in [-0.05, 0) is 42.0 Å². The second kappa shape index (κ2) is 5.43. The zero-order valence-electron chi connectivity index (χ0n) is 11.0. The number of anilines is 1. The molecule has 0 N–H and O–H groups in total. The maximum atomic E-state index is 12.7. The van der Waals surface area contributed by atoms with Crippen molar-refractivity contribution >= 4 is 29.3 Å². The molecule has 0 radical (unpaired) electrons. The first-order chi connectivity index (χ1) is 10.2. The molecule has 0 saturated heterocycles. The highest BCUT2D eigenvalue weighted by Crippen LogP contribution is 2.30. The lowest BCUT2D eigenvalue weighted by molar-refractivity contribution is 0.0985. The van der Waals surface area contributed by atoms with Crippen LogP contribution in [0.2, 0.25) is 5.02 Å². The van der Waals surface area contributed by atoms with Gasteiger partial charge in [0.1, 0.15) is 6.04 Å². The Bertz CT molecular complexity index is 759. The number of hydrogen-bond donors (Lipinski definition) is 0. The van der Waals surface area contributed by atoms with Crippen molar-refractivity contribution in [2.24, 2.45) is 0 Å². The number of halogens is 1. The molecule has 21 heavy (non-hydrogen) atoms. The molecule has 102 valence electrons. The number of benzene rings is 2. The van der Waals surface area contributed by atoms with Crippen LogP contribution in [-0.2, 0) is 0 Å². The van der Waals surface area contributed by atoms with Gasteiger partial charge in [-0.2, -0.15) is 5.26 Å². The number of hydrogen-bond acceptors (Lipinski definition) is 2. The molecule has 1 heterocycles. The van der Waals surface area contributed by atoms with Crippen LogP contribution in [0.25, 0.3) is 6.08 Å². The summed E-state index contributed by atoms with van der Waals surface area (Å²) in [7, 11) is 0. The van der Waals surface area contributed by atoms with E-state index in [4.69, 9.17) is 11.6 Å². The molecule has 1 atom stereocenters. The van der Waals surface area contributed by atoms with Gasteiger partial charge in [-0.1, -0.05) is 35.9 Å². The van der Waals surface area contributed by atoms with Crippen LogP contribution in [0.15, 0.2) is 54.6 Å². The third-order valence-electron chi connectivity index (χ3n) is 3.37. The van der Waals surface area contributed by atoms with Gasteiger partial charge in [0.2, 0.25) is 0 Å². The minimum atomic E-state index is -0.608. The molecular weight excluding hydrogens is 284 g/mol. The Morgan fingerprint density at radius 2 is 1.86 bits per heavy atom. The molecule has 1 amide bonds. The van der Waals surface area contributed by atoms with E-state index in [0.717, 1.165) is 11.3 Å². The van der Waals surface area contributed by atoms with Crippen LogP contribution in [0.5, 0.6) is 0 Å². The molecule has 0 bridgehead atoms. The topological polar surface area (TPSA) is 44.1 Å². The van der Waals surface area contributed by atoms with Gasteiger partial charge in [0.25, 0.3) is 5.91 Å². The van der Waals surface area contributed by atoms with Crippen molar-refractivity contribution in [3.05, 3.63) is 70.8 Å². The van der Waals surface area contributed by atoms with Crippen LogP contribution >= 0.6 is 11.6 Å². The summed E-state index contributed by atoms with van der Waals surface area (Å²) in [6.07, 6.45) is 3.60. The van der Waals surface area contributed by atoms with E-state index in [1.807, 2.05) is 30.3 Å². The van der Waals surface area contributed by atoms with E-state index in [-0.39, 0.29) is 5.91 Å². The van der Waals surface area contributed by atoms with Crippen molar-refractivity contribution in [1.82, 2.24) is 0 Å². The Hall–Kier alpha value is -2.57. The number of para-hydroxylation sites is 1. The number of carbonyl (C=O) groups excluding carboxylic acids is 1. The van der Waals surface area contributed by atoms with E-state index < -0.39 is 6.04 Å². The molecule has 3 rings (SSSR count). The molecular formula is C17H11ClN2O. The zero-order chi connectivity index (χ0) is 14.8. The van der Waals surface area contributed by atoms with E-state index in [1.165, 1.54) is 4.90 Å². The fourth-order valence-electron chi connectivity index (χ4n) is 2.35. The third kappa shape index (κ3) is 2.42. The normalized spacial score (nSPS) is 16.2. The Kier molecular flexibility index (Phi) is 3.47. The minimum Gasteiger partial charge on any atom is -0.288 e. The predicted molar refractivity (Wildman–Crippen MR) is 83.1 cm³/mol. The number of fused-ring (bicyclic) bond motifs is 1. The zero-order valence-corrected chi connectivity index (χ0v) is 11.8. The van der Waals surface area contributed by atoms with Gasteiger partial charge in [-0.15, -0.1) is 0 Å². The van der Waals surface area contributed by atoms with E-state index in [0.29, 0.717) is 10.6 Å². The highest BCUT2D eigenvalue weighted by atomic mass is 35.5. The van der Waals surface area contributed by atoms with Crippen molar-refractivity contribution in [3.63, 3.8) is 0 Å². The van der Waals surface area contributed by atoms with E-state index in [1.54, 1.807) is 30.3 Å². The van der Waals surface area contributed by atoms with Crippen LogP contribution in [-0.4, -0.2) is 11.9 Å². The van der Waals surface area contributed by atoms with Gasteiger partial charge in [0.05, 0.1) is 11.8 Å². The summed E-state index contributed by atoms with van der Waals surface area (Å²) in [6, 6.07) is 15.7. The summed E-state index contributed by atoms with van der Waals surface area (Å²) in [4.78, 5) is 14.3. The summed E-state index contributed by atoms with van der Waals surface area (Å²) >= 11 is 5.85. The first kappa shape index (κ1) is 13.4.